The van der Waals surface area contributed by atoms with E-state index in [-0.39, 0.29) is 12.0 Å². The lowest BCUT2D eigenvalue weighted by atomic mass is 10.2. The molecule has 1 aromatic heterocycles. The molecule has 1 aliphatic heterocycles. The Morgan fingerprint density at radius 2 is 2.35 bits per heavy atom. The Kier molecular flexibility index (Phi) is 2.57. The van der Waals surface area contributed by atoms with Crippen LogP contribution in [-0.4, -0.2) is 23.6 Å². The summed E-state index contributed by atoms with van der Waals surface area (Å²) < 4.78 is 5.36. The standard InChI is InChI=1S/C13H14N2O2/c16-13(12-5-2-8-17-12)15-11-4-1-3-10-9(11)6-7-14-10/h1,3-4,6-7,12,14H,2,5,8H2,(H,15,16). The molecule has 2 heterocycles. The molecule has 2 aromatic rings. The Bertz CT molecular complexity index is 541. The average Bonchev–Trinajstić information content (AvgIpc) is 3.00. The van der Waals surface area contributed by atoms with Gasteiger partial charge >= 0.3 is 0 Å². The predicted octanol–water partition coefficient (Wildman–Crippen LogP) is 2.29. The summed E-state index contributed by atoms with van der Waals surface area (Å²) in [7, 11) is 0. The largest absolute Gasteiger partial charge is 0.368 e. The summed E-state index contributed by atoms with van der Waals surface area (Å²) in [6.07, 6.45) is 3.36. The molecule has 2 N–H and O–H groups in total. The Balaban J connectivity index is 1.84. The fourth-order valence-electron chi connectivity index (χ4n) is 2.19. The van der Waals surface area contributed by atoms with Gasteiger partial charge in [0.2, 0.25) is 0 Å². The number of ether oxygens (including phenoxy) is 1. The van der Waals surface area contributed by atoms with E-state index < -0.39 is 0 Å². The highest BCUT2D eigenvalue weighted by Crippen LogP contribution is 2.23. The Morgan fingerprint density at radius 1 is 1.41 bits per heavy atom. The topological polar surface area (TPSA) is 54.1 Å². The van der Waals surface area contributed by atoms with Crippen LogP contribution in [0.4, 0.5) is 5.69 Å². The molecule has 3 rings (SSSR count). The zero-order chi connectivity index (χ0) is 11.7. The minimum Gasteiger partial charge on any atom is -0.368 e. The molecule has 1 aromatic carbocycles. The second-order valence-corrected chi connectivity index (χ2v) is 4.24. The number of carbonyl (C=O) groups excluding carboxylic acids is 1. The third kappa shape index (κ3) is 1.91. The van der Waals surface area contributed by atoms with Crippen LogP contribution in [0, 0.1) is 0 Å². The third-order valence-electron chi connectivity index (χ3n) is 3.07. The van der Waals surface area contributed by atoms with Crippen molar-refractivity contribution < 1.29 is 9.53 Å². The number of fused-ring (bicyclic) bond motifs is 1. The van der Waals surface area contributed by atoms with E-state index in [1.807, 2.05) is 30.5 Å². The number of aromatic nitrogens is 1. The monoisotopic (exact) mass is 230 g/mol. The molecule has 17 heavy (non-hydrogen) atoms. The predicted molar refractivity (Wildman–Crippen MR) is 65.9 cm³/mol. The van der Waals surface area contributed by atoms with Crippen LogP contribution in [0.15, 0.2) is 30.5 Å². The van der Waals surface area contributed by atoms with Crippen molar-refractivity contribution >= 4 is 22.5 Å². The van der Waals surface area contributed by atoms with Crippen molar-refractivity contribution in [1.82, 2.24) is 4.98 Å². The summed E-state index contributed by atoms with van der Waals surface area (Å²) in [4.78, 5) is 15.1. The highest BCUT2D eigenvalue weighted by atomic mass is 16.5. The first-order valence-corrected chi connectivity index (χ1v) is 5.83. The fraction of sp³-hybridized carbons (Fsp3) is 0.308. The summed E-state index contributed by atoms with van der Waals surface area (Å²) in [5, 5.41) is 3.96. The van der Waals surface area contributed by atoms with Gasteiger partial charge in [0.1, 0.15) is 6.10 Å². The first-order valence-electron chi connectivity index (χ1n) is 5.83. The van der Waals surface area contributed by atoms with E-state index in [2.05, 4.69) is 10.3 Å². The number of rotatable bonds is 2. The van der Waals surface area contributed by atoms with Crippen LogP contribution < -0.4 is 5.32 Å². The number of hydrogen-bond acceptors (Lipinski definition) is 2. The van der Waals surface area contributed by atoms with Crippen LogP contribution in [0.25, 0.3) is 10.9 Å². The van der Waals surface area contributed by atoms with Crippen LogP contribution in [-0.2, 0) is 9.53 Å². The van der Waals surface area contributed by atoms with Crippen LogP contribution >= 0.6 is 0 Å². The van der Waals surface area contributed by atoms with Crippen molar-refractivity contribution in [2.75, 3.05) is 11.9 Å². The van der Waals surface area contributed by atoms with Gasteiger partial charge in [0, 0.05) is 23.7 Å². The van der Waals surface area contributed by atoms with Crippen molar-refractivity contribution in [2.45, 2.75) is 18.9 Å². The zero-order valence-electron chi connectivity index (χ0n) is 9.40. The van der Waals surface area contributed by atoms with Crippen molar-refractivity contribution in [3.8, 4) is 0 Å². The van der Waals surface area contributed by atoms with Gasteiger partial charge in [-0.15, -0.1) is 0 Å². The van der Waals surface area contributed by atoms with Crippen molar-refractivity contribution in [3.63, 3.8) is 0 Å². The lowest BCUT2D eigenvalue weighted by Gasteiger charge is -2.11. The van der Waals surface area contributed by atoms with Crippen molar-refractivity contribution in [1.29, 1.82) is 0 Å². The smallest absolute Gasteiger partial charge is 0.253 e. The van der Waals surface area contributed by atoms with E-state index in [1.165, 1.54) is 0 Å². The van der Waals surface area contributed by atoms with Gasteiger partial charge in [-0.2, -0.15) is 0 Å². The minimum absolute atomic E-state index is 0.0452. The molecule has 0 saturated carbocycles. The third-order valence-corrected chi connectivity index (χ3v) is 3.07. The molecule has 1 atom stereocenters. The number of aromatic amines is 1. The molecule has 1 saturated heterocycles. The first-order chi connectivity index (χ1) is 8.34. The second kappa shape index (κ2) is 4.22. The van der Waals surface area contributed by atoms with E-state index in [0.717, 1.165) is 29.4 Å². The van der Waals surface area contributed by atoms with Crippen LogP contribution in [0.3, 0.4) is 0 Å². The molecule has 0 spiro atoms. The number of hydrogen-bond donors (Lipinski definition) is 2. The number of anilines is 1. The molecule has 0 bridgehead atoms. The maximum atomic E-state index is 11.9. The average molecular weight is 230 g/mol. The fourth-order valence-corrected chi connectivity index (χ4v) is 2.19. The highest BCUT2D eigenvalue weighted by molar-refractivity contribution is 6.02. The van der Waals surface area contributed by atoms with Gasteiger partial charge in [0.15, 0.2) is 0 Å². The molecule has 88 valence electrons. The van der Waals surface area contributed by atoms with Crippen molar-refractivity contribution in [3.05, 3.63) is 30.5 Å². The van der Waals surface area contributed by atoms with Gasteiger partial charge in [-0.3, -0.25) is 4.79 Å². The van der Waals surface area contributed by atoms with E-state index in [0.29, 0.717) is 6.61 Å². The summed E-state index contributed by atoms with van der Waals surface area (Å²) in [5.74, 6) is -0.0452. The summed E-state index contributed by atoms with van der Waals surface area (Å²) >= 11 is 0. The number of nitrogens with one attached hydrogen (secondary N) is 2. The molecule has 1 aliphatic rings. The SMILES string of the molecule is O=C(Nc1cccc2[nH]ccc12)C1CCCO1. The molecule has 0 radical (unpaired) electrons. The van der Waals surface area contributed by atoms with Gasteiger partial charge in [0.05, 0.1) is 5.69 Å². The summed E-state index contributed by atoms with van der Waals surface area (Å²) in [5.41, 5.74) is 1.86. The molecule has 1 unspecified atom stereocenters. The van der Waals surface area contributed by atoms with Gasteiger partial charge < -0.3 is 15.0 Å². The molecular formula is C13H14N2O2. The minimum atomic E-state index is -0.288. The van der Waals surface area contributed by atoms with Gasteiger partial charge in [-0.1, -0.05) is 6.07 Å². The van der Waals surface area contributed by atoms with Crippen molar-refractivity contribution in [2.24, 2.45) is 0 Å². The molecule has 1 fully saturated rings. The lowest BCUT2D eigenvalue weighted by Crippen LogP contribution is -2.26. The normalized spacial score (nSPS) is 19.6. The number of carbonyl (C=O) groups is 1. The maximum absolute atomic E-state index is 11.9. The van der Waals surface area contributed by atoms with E-state index >= 15 is 0 Å². The Hall–Kier alpha value is -1.81. The lowest BCUT2D eigenvalue weighted by molar-refractivity contribution is -0.124. The van der Waals surface area contributed by atoms with Crippen LogP contribution in [0.5, 0.6) is 0 Å². The maximum Gasteiger partial charge on any atom is 0.253 e. The van der Waals surface area contributed by atoms with Gasteiger partial charge in [0.25, 0.3) is 5.91 Å². The Morgan fingerprint density at radius 3 is 3.18 bits per heavy atom. The molecular weight excluding hydrogens is 216 g/mol. The molecule has 4 nitrogen and oxygen atoms in total. The molecule has 4 heteroatoms. The molecule has 0 aliphatic carbocycles. The van der Waals surface area contributed by atoms with Gasteiger partial charge in [-0.05, 0) is 31.0 Å². The highest BCUT2D eigenvalue weighted by Gasteiger charge is 2.23. The van der Waals surface area contributed by atoms with E-state index in [9.17, 15) is 4.79 Å². The summed E-state index contributed by atoms with van der Waals surface area (Å²) in [6.45, 7) is 0.687. The second-order valence-electron chi connectivity index (χ2n) is 4.24. The summed E-state index contributed by atoms with van der Waals surface area (Å²) in [6, 6.07) is 7.77. The Labute approximate surface area is 99.0 Å². The quantitative estimate of drug-likeness (QED) is 0.831. The number of H-pyrrole nitrogens is 1. The zero-order valence-corrected chi connectivity index (χ0v) is 9.40. The first kappa shape index (κ1) is 10.4. The number of benzene rings is 1. The van der Waals surface area contributed by atoms with Crippen LogP contribution in [0.2, 0.25) is 0 Å². The van der Waals surface area contributed by atoms with E-state index in [1.54, 1.807) is 0 Å². The molecule has 1 amide bonds. The number of amides is 1. The van der Waals surface area contributed by atoms with E-state index in [4.69, 9.17) is 4.74 Å². The van der Waals surface area contributed by atoms with Gasteiger partial charge in [-0.25, -0.2) is 0 Å². The van der Waals surface area contributed by atoms with Crippen LogP contribution in [0.1, 0.15) is 12.8 Å².